The molecule has 1 saturated heterocycles. The molecule has 1 aliphatic heterocycles. The van der Waals surface area contributed by atoms with Crippen molar-refractivity contribution in [1.29, 1.82) is 0 Å². The molecule has 0 bridgehead atoms. The van der Waals surface area contributed by atoms with Crippen molar-refractivity contribution in [3.8, 4) is 11.5 Å². The van der Waals surface area contributed by atoms with Gasteiger partial charge in [0.05, 0.1) is 31.5 Å². The van der Waals surface area contributed by atoms with Crippen molar-refractivity contribution in [3.05, 3.63) is 18.2 Å². The molecule has 8 nitrogen and oxygen atoms in total. The molecule has 1 heterocycles. The average Bonchev–Trinajstić information content (AvgIpc) is 2.98. The Morgan fingerprint density at radius 1 is 1.26 bits per heavy atom. The number of sulfone groups is 1. The van der Waals surface area contributed by atoms with Crippen LogP contribution in [0.15, 0.2) is 18.2 Å². The van der Waals surface area contributed by atoms with Gasteiger partial charge in [-0.25, -0.2) is 8.42 Å². The lowest BCUT2D eigenvalue weighted by atomic mass is 10.2. The molecule has 150 valence electrons. The molecule has 2 atom stereocenters. The molecule has 1 aliphatic rings. The molecule has 1 aromatic rings. The number of carbonyl (C=O) groups excluding carboxylic acids is 2. The number of ether oxygens (including phenoxy) is 3. The van der Waals surface area contributed by atoms with Crippen LogP contribution in [0.2, 0.25) is 0 Å². The first kappa shape index (κ1) is 21.4. The van der Waals surface area contributed by atoms with Gasteiger partial charge in [-0.3, -0.25) is 9.59 Å². The first-order valence-corrected chi connectivity index (χ1v) is 11.2. The van der Waals surface area contributed by atoms with Crippen molar-refractivity contribution in [1.82, 2.24) is 0 Å². The minimum Gasteiger partial charge on any atom is -0.493 e. The van der Waals surface area contributed by atoms with Gasteiger partial charge in [0.1, 0.15) is 0 Å². The summed E-state index contributed by atoms with van der Waals surface area (Å²) in [6, 6.07) is 4.89. The Kier molecular flexibility index (Phi) is 7.37. The SMILES string of the molecule is COc1ccc(NC(=O)[C@H](C)OC(=O)CS[C@@H]2CCS(=O)(=O)C2)cc1OC. The highest BCUT2D eigenvalue weighted by molar-refractivity contribution is 8.02. The minimum atomic E-state index is -2.98. The predicted octanol–water partition coefficient (Wildman–Crippen LogP) is 1.49. The van der Waals surface area contributed by atoms with E-state index < -0.39 is 27.8 Å². The molecule has 0 radical (unpaired) electrons. The number of amides is 1. The molecule has 2 rings (SSSR count). The van der Waals surface area contributed by atoms with Crippen molar-refractivity contribution in [2.75, 3.05) is 36.8 Å². The van der Waals surface area contributed by atoms with Crippen LogP contribution in [0.25, 0.3) is 0 Å². The fourth-order valence-electron chi connectivity index (χ4n) is 2.52. The lowest BCUT2D eigenvalue weighted by Gasteiger charge is -2.15. The van der Waals surface area contributed by atoms with Crippen LogP contribution in [-0.2, 0) is 24.2 Å². The molecule has 1 fully saturated rings. The minimum absolute atomic E-state index is 0.00810. The topological polar surface area (TPSA) is 108 Å². The third kappa shape index (κ3) is 6.31. The lowest BCUT2D eigenvalue weighted by molar-refractivity contribution is -0.150. The molecule has 27 heavy (non-hydrogen) atoms. The van der Waals surface area contributed by atoms with Gasteiger partial charge in [-0.15, -0.1) is 11.8 Å². The fourth-order valence-corrected chi connectivity index (χ4v) is 5.94. The van der Waals surface area contributed by atoms with Gasteiger partial charge >= 0.3 is 5.97 Å². The predicted molar refractivity (Wildman–Crippen MR) is 103 cm³/mol. The number of esters is 1. The van der Waals surface area contributed by atoms with Crippen LogP contribution in [0.5, 0.6) is 11.5 Å². The summed E-state index contributed by atoms with van der Waals surface area (Å²) in [6.45, 7) is 1.47. The van der Waals surface area contributed by atoms with Crippen molar-refractivity contribution < 1.29 is 32.2 Å². The summed E-state index contributed by atoms with van der Waals surface area (Å²) in [7, 11) is 0.0162. The smallest absolute Gasteiger partial charge is 0.316 e. The maximum atomic E-state index is 12.2. The maximum Gasteiger partial charge on any atom is 0.316 e. The van der Waals surface area contributed by atoms with Crippen LogP contribution in [0.1, 0.15) is 13.3 Å². The molecule has 0 aromatic heterocycles. The van der Waals surface area contributed by atoms with Crippen LogP contribution < -0.4 is 14.8 Å². The van der Waals surface area contributed by atoms with Crippen LogP contribution in [-0.4, -0.2) is 63.1 Å². The van der Waals surface area contributed by atoms with E-state index in [0.717, 1.165) is 0 Å². The van der Waals surface area contributed by atoms with E-state index in [1.165, 1.54) is 32.9 Å². The molecule has 0 spiro atoms. The zero-order valence-electron chi connectivity index (χ0n) is 15.4. The molecule has 0 unspecified atom stereocenters. The molecule has 10 heteroatoms. The van der Waals surface area contributed by atoms with E-state index in [1.54, 1.807) is 18.2 Å². The summed E-state index contributed by atoms with van der Waals surface area (Å²) in [6.07, 6.45) is -0.450. The number of nitrogens with one attached hydrogen (secondary N) is 1. The van der Waals surface area contributed by atoms with Crippen LogP contribution >= 0.6 is 11.8 Å². The number of thioether (sulfide) groups is 1. The Morgan fingerprint density at radius 2 is 1.96 bits per heavy atom. The van der Waals surface area contributed by atoms with Gasteiger partial charge in [-0.2, -0.15) is 0 Å². The highest BCUT2D eigenvalue weighted by Gasteiger charge is 2.29. The second-order valence-electron chi connectivity index (χ2n) is 6.03. The zero-order chi connectivity index (χ0) is 20.0. The molecule has 1 aromatic carbocycles. The Labute approximate surface area is 162 Å². The van der Waals surface area contributed by atoms with Gasteiger partial charge in [-0.05, 0) is 25.5 Å². The largest absolute Gasteiger partial charge is 0.493 e. The van der Waals surface area contributed by atoms with Crippen LogP contribution in [0.3, 0.4) is 0 Å². The van der Waals surface area contributed by atoms with Gasteiger partial charge in [0, 0.05) is 17.0 Å². The Bertz CT molecular complexity index is 794. The third-order valence-corrected chi connectivity index (χ3v) is 7.21. The monoisotopic (exact) mass is 417 g/mol. The summed E-state index contributed by atoms with van der Waals surface area (Å²) in [4.78, 5) is 24.1. The maximum absolute atomic E-state index is 12.2. The number of carbonyl (C=O) groups is 2. The van der Waals surface area contributed by atoms with Crippen molar-refractivity contribution in [2.24, 2.45) is 0 Å². The first-order chi connectivity index (χ1) is 12.7. The van der Waals surface area contributed by atoms with E-state index in [0.29, 0.717) is 23.6 Å². The normalized spacial score (nSPS) is 19.1. The first-order valence-electron chi connectivity index (χ1n) is 8.28. The van der Waals surface area contributed by atoms with Crippen molar-refractivity contribution >= 4 is 39.2 Å². The average molecular weight is 418 g/mol. The summed E-state index contributed by atoms with van der Waals surface area (Å²) in [5, 5.41) is 2.54. The van der Waals surface area contributed by atoms with E-state index in [2.05, 4.69) is 5.32 Å². The third-order valence-electron chi connectivity index (χ3n) is 3.96. The number of hydrogen-bond donors (Lipinski definition) is 1. The Hall–Kier alpha value is -1.94. The Morgan fingerprint density at radius 3 is 2.56 bits per heavy atom. The lowest BCUT2D eigenvalue weighted by Crippen LogP contribution is -2.30. The number of methoxy groups -OCH3 is 2. The van der Waals surface area contributed by atoms with Gasteiger partial charge in [0.15, 0.2) is 27.4 Å². The van der Waals surface area contributed by atoms with Gasteiger partial charge in [0.2, 0.25) is 0 Å². The van der Waals surface area contributed by atoms with Crippen LogP contribution in [0, 0.1) is 0 Å². The number of anilines is 1. The highest BCUT2D eigenvalue weighted by Crippen LogP contribution is 2.30. The molecular formula is C17H23NO7S2. The molecule has 1 N–H and O–H groups in total. The zero-order valence-corrected chi connectivity index (χ0v) is 17.0. The van der Waals surface area contributed by atoms with Gasteiger partial charge in [0.25, 0.3) is 5.91 Å². The standard InChI is InChI=1S/C17H23NO7S2/c1-11(25-16(19)9-26-13-6-7-27(21,22)10-13)17(20)18-12-4-5-14(23-2)15(8-12)24-3/h4-5,8,11,13H,6-7,9-10H2,1-3H3,(H,18,20)/t11-,13+/m0/s1. The molecular weight excluding hydrogens is 394 g/mol. The number of benzene rings is 1. The Balaban J connectivity index is 1.82. The summed E-state index contributed by atoms with van der Waals surface area (Å²) < 4.78 is 38.2. The fraction of sp³-hybridized carbons (Fsp3) is 0.529. The van der Waals surface area contributed by atoms with E-state index >= 15 is 0 Å². The van der Waals surface area contributed by atoms with E-state index in [9.17, 15) is 18.0 Å². The summed E-state index contributed by atoms with van der Waals surface area (Å²) in [5.41, 5.74) is 0.478. The van der Waals surface area contributed by atoms with E-state index in [1.807, 2.05) is 0 Å². The van der Waals surface area contributed by atoms with Crippen molar-refractivity contribution in [3.63, 3.8) is 0 Å². The highest BCUT2D eigenvalue weighted by atomic mass is 32.2. The van der Waals surface area contributed by atoms with E-state index in [4.69, 9.17) is 14.2 Å². The summed E-state index contributed by atoms with van der Waals surface area (Å²) >= 11 is 1.25. The van der Waals surface area contributed by atoms with Gasteiger partial charge < -0.3 is 19.5 Å². The summed E-state index contributed by atoms with van der Waals surface area (Å²) in [5.74, 6) is 0.199. The van der Waals surface area contributed by atoms with Crippen molar-refractivity contribution in [2.45, 2.75) is 24.7 Å². The van der Waals surface area contributed by atoms with E-state index in [-0.39, 0.29) is 22.5 Å². The number of hydrogen-bond acceptors (Lipinski definition) is 8. The molecule has 1 amide bonds. The second-order valence-corrected chi connectivity index (χ2v) is 9.54. The van der Waals surface area contributed by atoms with Gasteiger partial charge in [-0.1, -0.05) is 0 Å². The number of rotatable bonds is 8. The van der Waals surface area contributed by atoms with Crippen LogP contribution in [0.4, 0.5) is 5.69 Å². The molecule has 0 aliphatic carbocycles. The molecule has 0 saturated carbocycles. The quantitative estimate of drug-likeness (QED) is 0.634. The second kappa shape index (κ2) is 9.32.